The molecule has 19 heavy (non-hydrogen) atoms. The smallest absolute Gasteiger partial charge is 0.229 e. The highest BCUT2D eigenvalue weighted by Crippen LogP contribution is 2.32. The lowest BCUT2D eigenvalue weighted by Gasteiger charge is -2.00. The van der Waals surface area contributed by atoms with E-state index in [9.17, 15) is 4.39 Å². The molecule has 0 aliphatic carbocycles. The van der Waals surface area contributed by atoms with E-state index < -0.39 is 5.82 Å². The number of halogens is 1. The summed E-state index contributed by atoms with van der Waals surface area (Å²) in [6.07, 6.45) is 0. The largest absolute Gasteiger partial charge is 0.494 e. The van der Waals surface area contributed by atoms with Crippen LogP contribution in [-0.2, 0) is 0 Å². The van der Waals surface area contributed by atoms with Crippen LogP contribution in [0.3, 0.4) is 0 Å². The number of ether oxygens (including phenoxy) is 1. The van der Waals surface area contributed by atoms with Gasteiger partial charge < -0.3 is 14.9 Å². The Morgan fingerprint density at radius 2 is 2.11 bits per heavy atom. The van der Waals surface area contributed by atoms with E-state index in [4.69, 9.17) is 14.9 Å². The van der Waals surface area contributed by atoms with Crippen molar-refractivity contribution in [3.63, 3.8) is 0 Å². The first-order chi connectivity index (χ1) is 9.19. The van der Waals surface area contributed by atoms with Crippen molar-refractivity contribution >= 4 is 16.8 Å². The molecule has 0 saturated heterocycles. The molecule has 5 heteroatoms. The van der Waals surface area contributed by atoms with Gasteiger partial charge in [-0.25, -0.2) is 9.37 Å². The molecule has 0 unspecified atom stereocenters. The number of nitrogens with zero attached hydrogens (tertiary/aromatic N) is 1. The zero-order valence-corrected chi connectivity index (χ0v) is 10.2. The Morgan fingerprint density at radius 3 is 2.84 bits per heavy atom. The van der Waals surface area contributed by atoms with Crippen LogP contribution < -0.4 is 10.5 Å². The summed E-state index contributed by atoms with van der Waals surface area (Å²) in [5, 5.41) is 0. The number of nitrogens with two attached hydrogens (primary N) is 1. The summed E-state index contributed by atoms with van der Waals surface area (Å²) >= 11 is 0. The number of rotatable bonds is 2. The molecule has 1 aromatic heterocycles. The minimum absolute atomic E-state index is 0.283. The second-order valence-electron chi connectivity index (χ2n) is 4.06. The fourth-order valence-electron chi connectivity index (χ4n) is 1.93. The van der Waals surface area contributed by atoms with Gasteiger partial charge in [0.05, 0.1) is 12.7 Å². The standard InChI is InChI=1S/C14H11FN2O2/c1-18-11-3-2-4-12-13(11)17-14(19-12)9-6-5-8(15)7-10(9)16/h2-7H,16H2,1H3. The first-order valence-electron chi connectivity index (χ1n) is 5.68. The highest BCUT2D eigenvalue weighted by atomic mass is 19.1. The number of oxazole rings is 1. The fourth-order valence-corrected chi connectivity index (χ4v) is 1.93. The van der Waals surface area contributed by atoms with E-state index in [1.54, 1.807) is 25.3 Å². The van der Waals surface area contributed by atoms with Gasteiger partial charge in [0.25, 0.3) is 0 Å². The van der Waals surface area contributed by atoms with Gasteiger partial charge in [-0.15, -0.1) is 0 Å². The predicted molar refractivity (Wildman–Crippen MR) is 70.4 cm³/mol. The third-order valence-electron chi connectivity index (χ3n) is 2.85. The molecule has 0 aliphatic heterocycles. The minimum atomic E-state index is -0.394. The van der Waals surface area contributed by atoms with Crippen LogP contribution in [0.1, 0.15) is 0 Å². The summed E-state index contributed by atoms with van der Waals surface area (Å²) in [4.78, 5) is 4.35. The summed E-state index contributed by atoms with van der Waals surface area (Å²) in [5.41, 5.74) is 7.82. The van der Waals surface area contributed by atoms with Gasteiger partial charge in [-0.05, 0) is 30.3 Å². The number of hydrogen-bond donors (Lipinski definition) is 1. The monoisotopic (exact) mass is 258 g/mol. The second-order valence-corrected chi connectivity index (χ2v) is 4.06. The second kappa shape index (κ2) is 4.28. The average Bonchev–Trinajstić information content (AvgIpc) is 2.81. The molecular weight excluding hydrogens is 247 g/mol. The van der Waals surface area contributed by atoms with Crippen molar-refractivity contribution in [2.75, 3.05) is 12.8 Å². The maximum absolute atomic E-state index is 13.0. The molecule has 0 saturated carbocycles. The zero-order chi connectivity index (χ0) is 13.4. The molecule has 0 amide bonds. The van der Waals surface area contributed by atoms with Crippen LogP contribution in [0, 0.1) is 5.82 Å². The lowest BCUT2D eigenvalue weighted by atomic mass is 10.2. The summed E-state index contributed by atoms with van der Waals surface area (Å²) in [6, 6.07) is 9.49. The van der Waals surface area contributed by atoms with Crippen LogP contribution in [0.2, 0.25) is 0 Å². The topological polar surface area (TPSA) is 61.3 Å². The van der Waals surface area contributed by atoms with Crippen LogP contribution in [0.25, 0.3) is 22.6 Å². The molecule has 0 fully saturated rings. The van der Waals surface area contributed by atoms with Gasteiger partial charge in [0, 0.05) is 5.69 Å². The Hall–Kier alpha value is -2.56. The number of para-hydroxylation sites is 1. The van der Waals surface area contributed by atoms with Gasteiger partial charge in [0.1, 0.15) is 11.6 Å². The van der Waals surface area contributed by atoms with Gasteiger partial charge in [-0.2, -0.15) is 0 Å². The van der Waals surface area contributed by atoms with Gasteiger partial charge >= 0.3 is 0 Å². The number of anilines is 1. The van der Waals surface area contributed by atoms with Crippen molar-refractivity contribution in [3.8, 4) is 17.2 Å². The summed E-state index contributed by atoms with van der Waals surface area (Å²) in [5.74, 6) is 0.570. The Bertz CT molecular complexity index is 752. The highest BCUT2D eigenvalue weighted by Gasteiger charge is 2.14. The number of hydrogen-bond acceptors (Lipinski definition) is 4. The number of aromatic nitrogens is 1. The summed E-state index contributed by atoms with van der Waals surface area (Å²) < 4.78 is 23.9. The summed E-state index contributed by atoms with van der Waals surface area (Å²) in [6.45, 7) is 0. The van der Waals surface area contributed by atoms with E-state index in [1.807, 2.05) is 6.07 Å². The predicted octanol–water partition coefficient (Wildman–Crippen LogP) is 3.22. The van der Waals surface area contributed by atoms with Crippen molar-refractivity contribution in [1.29, 1.82) is 0 Å². The van der Waals surface area contributed by atoms with E-state index in [1.165, 1.54) is 12.1 Å². The van der Waals surface area contributed by atoms with Crippen molar-refractivity contribution in [1.82, 2.24) is 4.98 Å². The fraction of sp³-hybridized carbons (Fsp3) is 0.0714. The van der Waals surface area contributed by atoms with Crippen molar-refractivity contribution in [2.45, 2.75) is 0 Å². The van der Waals surface area contributed by atoms with Crippen molar-refractivity contribution < 1.29 is 13.5 Å². The maximum atomic E-state index is 13.0. The maximum Gasteiger partial charge on any atom is 0.229 e. The van der Waals surface area contributed by atoms with Crippen molar-refractivity contribution in [2.24, 2.45) is 0 Å². The van der Waals surface area contributed by atoms with E-state index in [0.717, 1.165) is 0 Å². The molecular formula is C14H11FN2O2. The Morgan fingerprint density at radius 1 is 1.26 bits per heavy atom. The van der Waals surface area contributed by atoms with E-state index in [2.05, 4.69) is 4.98 Å². The molecule has 2 aromatic carbocycles. The molecule has 4 nitrogen and oxygen atoms in total. The Balaban J connectivity index is 2.20. The molecule has 0 aliphatic rings. The number of methoxy groups -OCH3 is 1. The average molecular weight is 258 g/mol. The van der Waals surface area contributed by atoms with Gasteiger partial charge in [-0.3, -0.25) is 0 Å². The summed E-state index contributed by atoms with van der Waals surface area (Å²) in [7, 11) is 1.56. The third-order valence-corrected chi connectivity index (χ3v) is 2.85. The van der Waals surface area contributed by atoms with E-state index in [0.29, 0.717) is 28.3 Å². The zero-order valence-electron chi connectivity index (χ0n) is 10.2. The molecule has 0 atom stereocenters. The van der Waals surface area contributed by atoms with Crippen LogP contribution >= 0.6 is 0 Å². The highest BCUT2D eigenvalue weighted by molar-refractivity contribution is 5.84. The van der Waals surface area contributed by atoms with Crippen LogP contribution in [0.4, 0.5) is 10.1 Å². The van der Waals surface area contributed by atoms with Crippen LogP contribution in [-0.4, -0.2) is 12.1 Å². The van der Waals surface area contributed by atoms with Gasteiger partial charge in [0.15, 0.2) is 11.1 Å². The Kier molecular flexibility index (Phi) is 2.59. The molecule has 3 aromatic rings. The molecule has 96 valence electrons. The first-order valence-corrected chi connectivity index (χ1v) is 5.68. The molecule has 1 heterocycles. The third kappa shape index (κ3) is 1.89. The lowest BCUT2D eigenvalue weighted by molar-refractivity contribution is 0.419. The van der Waals surface area contributed by atoms with Crippen molar-refractivity contribution in [3.05, 3.63) is 42.2 Å². The first kappa shape index (κ1) is 11.5. The normalized spacial score (nSPS) is 10.8. The molecule has 0 radical (unpaired) electrons. The van der Waals surface area contributed by atoms with Gasteiger partial charge in [0.2, 0.25) is 5.89 Å². The number of fused-ring (bicyclic) bond motifs is 1. The van der Waals surface area contributed by atoms with Crippen LogP contribution in [0.15, 0.2) is 40.8 Å². The van der Waals surface area contributed by atoms with Gasteiger partial charge in [-0.1, -0.05) is 6.07 Å². The number of benzene rings is 2. The molecule has 2 N–H and O–H groups in total. The lowest BCUT2D eigenvalue weighted by Crippen LogP contribution is -1.91. The van der Waals surface area contributed by atoms with E-state index >= 15 is 0 Å². The number of nitrogen functional groups attached to an aromatic ring is 1. The van der Waals surface area contributed by atoms with E-state index in [-0.39, 0.29) is 5.69 Å². The van der Waals surface area contributed by atoms with Crippen LogP contribution in [0.5, 0.6) is 5.75 Å². The molecule has 3 rings (SSSR count). The minimum Gasteiger partial charge on any atom is -0.494 e. The molecule has 0 bridgehead atoms. The SMILES string of the molecule is COc1cccc2oc(-c3ccc(F)cc3N)nc12. The molecule has 0 spiro atoms. The quantitative estimate of drug-likeness (QED) is 0.717. The Labute approximate surface area is 108 Å².